The first kappa shape index (κ1) is 12.9. The van der Waals surface area contributed by atoms with E-state index in [1.807, 2.05) is 0 Å². The Morgan fingerprint density at radius 1 is 1.50 bits per heavy atom. The molecular weight excluding hydrogens is 223 g/mol. The van der Waals surface area contributed by atoms with Gasteiger partial charge in [-0.05, 0) is 12.8 Å². The molecule has 92 valence electrons. The van der Waals surface area contributed by atoms with E-state index in [-0.39, 0.29) is 13.0 Å². The van der Waals surface area contributed by atoms with Gasteiger partial charge in [-0.15, -0.1) is 0 Å². The lowest BCUT2D eigenvalue weighted by molar-refractivity contribution is -0.184. The molecule has 1 unspecified atom stereocenters. The number of ether oxygens (including phenoxy) is 1. The van der Waals surface area contributed by atoms with Crippen molar-refractivity contribution in [1.29, 1.82) is 0 Å². The van der Waals surface area contributed by atoms with E-state index in [1.165, 1.54) is 18.2 Å². The fourth-order valence-electron chi connectivity index (χ4n) is 1.64. The number of nitrogens with zero attached hydrogens (tertiary/aromatic N) is 1. The van der Waals surface area contributed by atoms with Crippen molar-refractivity contribution in [2.24, 2.45) is 5.92 Å². The molecule has 0 aromatic carbocycles. The number of alkyl halides is 3. The second-order valence-electron chi connectivity index (χ2n) is 3.71. The molecule has 1 aliphatic heterocycles. The highest BCUT2D eigenvalue weighted by molar-refractivity contribution is 5.81. The SMILES string of the molecule is COC(=O)C=CN1CCCC(C(F)(F)F)C1. The van der Waals surface area contributed by atoms with Crippen LogP contribution >= 0.6 is 0 Å². The highest BCUT2D eigenvalue weighted by Crippen LogP contribution is 2.33. The van der Waals surface area contributed by atoms with Gasteiger partial charge in [0.1, 0.15) is 0 Å². The standard InChI is InChI=1S/C10H14F3NO2/c1-16-9(15)4-6-14-5-2-3-8(7-14)10(11,12)13/h4,6,8H,2-3,5,7H2,1H3. The van der Waals surface area contributed by atoms with E-state index in [1.54, 1.807) is 0 Å². The highest BCUT2D eigenvalue weighted by atomic mass is 19.4. The summed E-state index contributed by atoms with van der Waals surface area (Å²) in [6.45, 7) is 0.455. The largest absolute Gasteiger partial charge is 0.466 e. The van der Waals surface area contributed by atoms with Crippen molar-refractivity contribution in [2.45, 2.75) is 19.0 Å². The van der Waals surface area contributed by atoms with Crippen LogP contribution < -0.4 is 0 Å². The Morgan fingerprint density at radius 2 is 2.19 bits per heavy atom. The minimum absolute atomic E-state index is 0.0863. The predicted octanol–water partition coefficient (Wildman–Crippen LogP) is 1.95. The van der Waals surface area contributed by atoms with E-state index >= 15 is 0 Å². The van der Waals surface area contributed by atoms with E-state index in [9.17, 15) is 18.0 Å². The molecule has 0 amide bonds. The molecule has 0 aromatic rings. The van der Waals surface area contributed by atoms with Gasteiger partial charge in [-0.3, -0.25) is 0 Å². The highest BCUT2D eigenvalue weighted by Gasteiger charge is 2.41. The molecule has 0 saturated carbocycles. The maximum atomic E-state index is 12.4. The Bertz CT molecular complexity index is 276. The minimum Gasteiger partial charge on any atom is -0.466 e. The van der Waals surface area contributed by atoms with Gasteiger partial charge in [-0.2, -0.15) is 13.2 Å². The second kappa shape index (κ2) is 5.23. The number of carbonyl (C=O) groups is 1. The van der Waals surface area contributed by atoms with Gasteiger partial charge < -0.3 is 9.64 Å². The Morgan fingerprint density at radius 3 is 2.75 bits per heavy atom. The second-order valence-corrected chi connectivity index (χ2v) is 3.71. The summed E-state index contributed by atoms with van der Waals surface area (Å²) < 4.78 is 41.7. The van der Waals surface area contributed by atoms with E-state index < -0.39 is 18.1 Å². The van der Waals surface area contributed by atoms with Crippen LogP contribution in [0.3, 0.4) is 0 Å². The van der Waals surface area contributed by atoms with Crippen LogP contribution in [0.5, 0.6) is 0 Å². The fourth-order valence-corrected chi connectivity index (χ4v) is 1.64. The number of halogens is 3. The Labute approximate surface area is 91.9 Å². The van der Waals surface area contributed by atoms with Crippen molar-refractivity contribution < 1.29 is 22.7 Å². The van der Waals surface area contributed by atoms with E-state index in [0.29, 0.717) is 13.0 Å². The molecular formula is C10H14F3NO2. The smallest absolute Gasteiger partial charge is 0.393 e. The molecule has 0 spiro atoms. The van der Waals surface area contributed by atoms with Crippen LogP contribution in [0.25, 0.3) is 0 Å². The normalized spacial score (nSPS) is 22.5. The topological polar surface area (TPSA) is 29.5 Å². The lowest BCUT2D eigenvalue weighted by Crippen LogP contribution is -2.39. The molecule has 1 rings (SSSR count). The van der Waals surface area contributed by atoms with Crippen molar-refractivity contribution >= 4 is 5.97 Å². The number of hydrogen-bond acceptors (Lipinski definition) is 3. The zero-order valence-corrected chi connectivity index (χ0v) is 8.96. The zero-order chi connectivity index (χ0) is 12.2. The summed E-state index contributed by atoms with van der Waals surface area (Å²) in [5, 5.41) is 0. The molecule has 0 aliphatic carbocycles. The molecule has 1 aliphatic rings. The van der Waals surface area contributed by atoms with Gasteiger partial charge in [0.2, 0.25) is 0 Å². The number of methoxy groups -OCH3 is 1. The van der Waals surface area contributed by atoms with Gasteiger partial charge in [0.05, 0.1) is 13.0 Å². The molecule has 3 nitrogen and oxygen atoms in total. The summed E-state index contributed by atoms with van der Waals surface area (Å²) >= 11 is 0. The van der Waals surface area contributed by atoms with Crippen molar-refractivity contribution in [3.63, 3.8) is 0 Å². The van der Waals surface area contributed by atoms with Gasteiger partial charge in [-0.25, -0.2) is 4.79 Å². The van der Waals surface area contributed by atoms with Gasteiger partial charge in [0, 0.05) is 25.4 Å². The minimum atomic E-state index is -4.15. The fraction of sp³-hybridized carbons (Fsp3) is 0.700. The number of rotatable bonds is 2. The van der Waals surface area contributed by atoms with Crippen molar-refractivity contribution in [3.8, 4) is 0 Å². The average Bonchev–Trinajstić information content (AvgIpc) is 2.25. The van der Waals surface area contributed by atoms with Crippen molar-refractivity contribution in [1.82, 2.24) is 4.90 Å². The number of carbonyl (C=O) groups excluding carboxylic acids is 1. The van der Waals surface area contributed by atoms with E-state index in [0.717, 1.165) is 6.08 Å². The lowest BCUT2D eigenvalue weighted by Gasteiger charge is -2.32. The first-order valence-electron chi connectivity index (χ1n) is 5.00. The van der Waals surface area contributed by atoms with Crippen molar-refractivity contribution in [2.75, 3.05) is 20.2 Å². The molecule has 1 atom stereocenters. The number of likely N-dealkylation sites (tertiary alicyclic amines) is 1. The van der Waals surface area contributed by atoms with Crippen LogP contribution in [0.2, 0.25) is 0 Å². The summed E-state index contributed by atoms with van der Waals surface area (Å²) in [6.07, 6.45) is -1.01. The third kappa shape index (κ3) is 3.75. The molecule has 1 fully saturated rings. The van der Waals surface area contributed by atoms with Crippen LogP contribution in [0.4, 0.5) is 13.2 Å². The Hall–Kier alpha value is -1.20. The monoisotopic (exact) mass is 237 g/mol. The number of hydrogen-bond donors (Lipinski definition) is 0. The zero-order valence-electron chi connectivity index (χ0n) is 8.96. The maximum absolute atomic E-state index is 12.4. The van der Waals surface area contributed by atoms with Crippen LogP contribution in [0, 0.1) is 5.92 Å². The van der Waals surface area contributed by atoms with Gasteiger partial charge >= 0.3 is 12.1 Å². The van der Waals surface area contributed by atoms with Gasteiger partial charge in [0.25, 0.3) is 0 Å². The third-order valence-electron chi connectivity index (χ3n) is 2.54. The average molecular weight is 237 g/mol. The van der Waals surface area contributed by atoms with Crippen LogP contribution in [-0.2, 0) is 9.53 Å². The molecule has 0 radical (unpaired) electrons. The predicted molar refractivity (Wildman–Crippen MR) is 51.5 cm³/mol. The first-order valence-corrected chi connectivity index (χ1v) is 5.00. The molecule has 0 aromatic heterocycles. The Balaban J connectivity index is 2.51. The van der Waals surface area contributed by atoms with E-state index in [4.69, 9.17) is 0 Å². The molecule has 1 saturated heterocycles. The summed E-state index contributed by atoms with van der Waals surface area (Å²) in [5.41, 5.74) is 0. The van der Waals surface area contributed by atoms with Crippen molar-refractivity contribution in [3.05, 3.63) is 12.3 Å². The molecule has 0 bridgehead atoms. The first-order chi connectivity index (χ1) is 7.43. The summed E-state index contributed by atoms with van der Waals surface area (Å²) in [4.78, 5) is 12.3. The van der Waals surface area contributed by atoms with Crippen LogP contribution in [0.15, 0.2) is 12.3 Å². The van der Waals surface area contributed by atoms with E-state index in [2.05, 4.69) is 4.74 Å². The summed E-state index contributed by atoms with van der Waals surface area (Å²) in [5.74, 6) is -1.86. The molecule has 16 heavy (non-hydrogen) atoms. The van der Waals surface area contributed by atoms with Gasteiger partial charge in [0.15, 0.2) is 0 Å². The quantitative estimate of drug-likeness (QED) is 0.543. The van der Waals surface area contributed by atoms with Crippen LogP contribution in [-0.4, -0.2) is 37.2 Å². The van der Waals surface area contributed by atoms with Gasteiger partial charge in [-0.1, -0.05) is 0 Å². The Kier molecular flexibility index (Phi) is 4.20. The number of piperidine rings is 1. The molecule has 6 heteroatoms. The molecule has 1 heterocycles. The summed E-state index contributed by atoms with van der Waals surface area (Å²) in [7, 11) is 1.22. The number of esters is 1. The lowest BCUT2D eigenvalue weighted by atomic mass is 9.98. The third-order valence-corrected chi connectivity index (χ3v) is 2.54. The maximum Gasteiger partial charge on any atom is 0.393 e. The van der Waals surface area contributed by atoms with Crippen LogP contribution in [0.1, 0.15) is 12.8 Å². The summed E-state index contributed by atoms with van der Waals surface area (Å²) in [6, 6.07) is 0. The molecule has 0 N–H and O–H groups in total.